The molecule has 3 atom stereocenters. The number of likely N-dealkylation sites (tertiary alicyclic amines) is 1. The topological polar surface area (TPSA) is 121 Å². The highest BCUT2D eigenvalue weighted by molar-refractivity contribution is 6.78. The van der Waals surface area contributed by atoms with Crippen molar-refractivity contribution >= 4 is 36.2 Å². The van der Waals surface area contributed by atoms with Gasteiger partial charge in [-0.05, 0) is 112 Å². The average Bonchev–Trinajstić information content (AvgIpc) is 3.72. The molecular formula is C54H72F2N6O6Si. The maximum Gasteiger partial charge on any atom is 0.410 e. The van der Waals surface area contributed by atoms with Crippen LogP contribution in [0.2, 0.25) is 16.6 Å². The number of hydrogen-bond acceptors (Lipinski definition) is 11. The first-order valence-electron chi connectivity index (χ1n) is 25.2. The van der Waals surface area contributed by atoms with Gasteiger partial charge in [-0.25, -0.2) is 13.6 Å². The number of amides is 1. The summed E-state index contributed by atoms with van der Waals surface area (Å²) in [5, 5.41) is 1.06. The molecule has 0 radical (unpaired) electrons. The quantitative estimate of drug-likeness (QED) is 0.0654. The third-order valence-corrected chi connectivity index (χ3v) is 20.5. The lowest BCUT2D eigenvalue weighted by molar-refractivity contribution is 0.000771. The maximum atomic E-state index is 17.9. The molecule has 1 amide bonds. The summed E-state index contributed by atoms with van der Waals surface area (Å²) in [6.45, 7) is 22.2. The van der Waals surface area contributed by atoms with Crippen molar-refractivity contribution in [2.24, 2.45) is 0 Å². The minimum Gasteiger partial charge on any atom is -0.543 e. The number of carbonyl (C=O) groups is 1. The van der Waals surface area contributed by atoms with Crippen LogP contribution in [0.15, 0.2) is 60.9 Å². The largest absolute Gasteiger partial charge is 0.543 e. The number of pyridine rings is 2. The van der Waals surface area contributed by atoms with Crippen LogP contribution in [-0.2, 0) is 22.5 Å². The fourth-order valence-corrected chi connectivity index (χ4v) is 16.6. The number of aromatic nitrogens is 4. The van der Waals surface area contributed by atoms with Crippen molar-refractivity contribution < 1.29 is 36.9 Å². The number of nitrogens with zero attached hydrogens (tertiary/aromatic N) is 6. The molecule has 0 spiro atoms. The van der Waals surface area contributed by atoms with Gasteiger partial charge in [0.05, 0.1) is 29.1 Å². The molecule has 15 heteroatoms. The molecular weight excluding hydrogens is 895 g/mol. The second-order valence-corrected chi connectivity index (χ2v) is 26.8. The Morgan fingerprint density at radius 2 is 1.70 bits per heavy atom. The van der Waals surface area contributed by atoms with E-state index >= 15 is 4.39 Å². The van der Waals surface area contributed by atoms with Crippen molar-refractivity contribution in [1.29, 1.82) is 0 Å². The van der Waals surface area contributed by atoms with Crippen LogP contribution in [0, 0.1) is 5.82 Å². The van der Waals surface area contributed by atoms with Gasteiger partial charge >= 0.3 is 12.1 Å². The fraction of sp³-hybridized carbons (Fsp3) is 0.574. The molecule has 12 nitrogen and oxygen atoms in total. The zero-order valence-corrected chi connectivity index (χ0v) is 43.2. The van der Waals surface area contributed by atoms with E-state index in [0.717, 1.165) is 55.2 Å². The van der Waals surface area contributed by atoms with Crippen LogP contribution in [0.5, 0.6) is 17.6 Å². The molecule has 3 saturated heterocycles. The zero-order chi connectivity index (χ0) is 49.1. The molecule has 2 aromatic carbocycles. The third kappa shape index (κ3) is 11.2. The second-order valence-electron chi connectivity index (χ2n) is 21.4. The number of hydrogen-bond donors (Lipinski definition) is 0. The Morgan fingerprint density at radius 1 is 0.928 bits per heavy atom. The summed E-state index contributed by atoms with van der Waals surface area (Å²) in [6, 6.07) is 15.5. The summed E-state index contributed by atoms with van der Waals surface area (Å²) in [7, 11) is -2.48. The Balaban J connectivity index is 1.17. The van der Waals surface area contributed by atoms with Crippen molar-refractivity contribution in [3.63, 3.8) is 0 Å². The van der Waals surface area contributed by atoms with Crippen LogP contribution in [0.25, 0.3) is 33.1 Å². The average molecular weight is 967 g/mol. The van der Waals surface area contributed by atoms with Crippen LogP contribution in [-0.4, -0.2) is 107 Å². The van der Waals surface area contributed by atoms with Gasteiger partial charge in [0.2, 0.25) is 5.88 Å². The maximum absolute atomic E-state index is 17.9. The first-order chi connectivity index (χ1) is 33.0. The van der Waals surface area contributed by atoms with Gasteiger partial charge in [0.1, 0.15) is 41.9 Å². The molecule has 0 N–H and O–H groups in total. The first-order valence-corrected chi connectivity index (χ1v) is 27.4. The van der Waals surface area contributed by atoms with E-state index in [0.29, 0.717) is 67.7 Å². The van der Waals surface area contributed by atoms with Gasteiger partial charge in [-0.2, -0.15) is 9.97 Å². The predicted octanol–water partition coefficient (Wildman–Crippen LogP) is 12.2. The number of alkyl halides is 1. The smallest absolute Gasteiger partial charge is 0.410 e. The molecule has 3 aromatic heterocycles. The van der Waals surface area contributed by atoms with E-state index in [1.54, 1.807) is 17.3 Å². The van der Waals surface area contributed by atoms with E-state index in [-0.39, 0.29) is 65.1 Å². The summed E-state index contributed by atoms with van der Waals surface area (Å²) in [5.74, 6) is 0.106. The molecule has 0 bridgehead atoms. The molecule has 0 unspecified atom stereocenters. The van der Waals surface area contributed by atoms with Crippen molar-refractivity contribution in [2.45, 2.75) is 160 Å². The van der Waals surface area contributed by atoms with Crippen molar-refractivity contribution in [2.75, 3.05) is 39.4 Å². The first kappa shape index (κ1) is 50.4. The Bertz CT molecular complexity index is 2560. The Kier molecular flexibility index (Phi) is 15.5. The lowest BCUT2D eigenvalue weighted by Gasteiger charge is -2.42. The summed E-state index contributed by atoms with van der Waals surface area (Å²) in [5.41, 5.74) is 2.99. The lowest BCUT2D eigenvalue weighted by atomic mass is 9.95. The molecule has 0 saturated carbocycles. The molecule has 5 aromatic rings. The van der Waals surface area contributed by atoms with Crippen molar-refractivity contribution in [1.82, 2.24) is 29.7 Å². The van der Waals surface area contributed by atoms with Gasteiger partial charge in [0, 0.05) is 55.5 Å². The van der Waals surface area contributed by atoms with Gasteiger partial charge in [0.25, 0.3) is 8.32 Å². The molecule has 3 fully saturated rings. The van der Waals surface area contributed by atoms with Gasteiger partial charge in [-0.3, -0.25) is 14.9 Å². The van der Waals surface area contributed by atoms with E-state index in [1.165, 1.54) is 0 Å². The van der Waals surface area contributed by atoms with Gasteiger partial charge in [-0.1, -0.05) is 71.9 Å². The van der Waals surface area contributed by atoms with Crippen LogP contribution < -0.4 is 13.9 Å². The molecule has 372 valence electrons. The van der Waals surface area contributed by atoms with Crippen molar-refractivity contribution in [3.8, 4) is 28.9 Å². The monoisotopic (exact) mass is 967 g/mol. The van der Waals surface area contributed by atoms with Gasteiger partial charge in [0.15, 0.2) is 5.82 Å². The number of rotatable bonds is 17. The molecule has 8 rings (SSSR count). The molecule has 3 aliphatic rings. The second kappa shape index (κ2) is 21.2. The number of ether oxygens (including phenoxy) is 4. The van der Waals surface area contributed by atoms with Crippen LogP contribution in [0.3, 0.4) is 0 Å². The highest BCUT2D eigenvalue weighted by Crippen LogP contribution is 2.46. The normalized spacial score (nSPS) is 20.3. The number of fused-ring (bicyclic) bond motifs is 3. The van der Waals surface area contributed by atoms with Crippen molar-refractivity contribution in [3.05, 3.63) is 77.9 Å². The number of halogens is 2. The summed E-state index contributed by atoms with van der Waals surface area (Å²) < 4.78 is 64.8. The Morgan fingerprint density at radius 3 is 2.43 bits per heavy atom. The molecule has 3 aliphatic heterocycles. The van der Waals surface area contributed by atoms with E-state index in [4.69, 9.17) is 38.3 Å². The Labute approximate surface area is 408 Å². The van der Waals surface area contributed by atoms with Crippen LogP contribution in [0.4, 0.5) is 13.6 Å². The standard InChI is InChI=1S/C54H72F2N6O6Si/c1-35(2)69(36(3)4,37(5)6)68-42-27-43(46-39(21-23-57-45(46)28-42)19-15-26-64-41-20-13-14-24-61(32-41)52(63)67-53(7,8)9)48-47(56)49-44(30-58-48)50(65-33-38-17-11-10-12-18-38)60-51(59-49)66-34-54-22-16-25-62(54)31-40(55)29-54/h10-12,17-18,21,23,27-28,30,35-37,40-41H,13-16,19-20,22,24-26,29,31-34H2,1-9H3/t40-,41-,54+/m1/s1. The van der Waals surface area contributed by atoms with Gasteiger partial charge in [-0.15, -0.1) is 0 Å². The number of benzene rings is 2. The summed E-state index contributed by atoms with van der Waals surface area (Å²) >= 11 is 0. The lowest BCUT2D eigenvalue weighted by Crippen LogP contribution is -2.50. The van der Waals surface area contributed by atoms with Crippen LogP contribution in [0.1, 0.15) is 118 Å². The zero-order valence-electron chi connectivity index (χ0n) is 42.2. The fourth-order valence-electron chi connectivity index (χ4n) is 11.3. The highest BCUT2D eigenvalue weighted by Gasteiger charge is 2.50. The van der Waals surface area contributed by atoms with Gasteiger partial charge < -0.3 is 28.3 Å². The number of carbonyl (C=O) groups excluding carboxylic acids is 1. The predicted molar refractivity (Wildman–Crippen MR) is 269 cm³/mol. The highest BCUT2D eigenvalue weighted by atomic mass is 28.4. The Hall–Kier alpha value is -4.99. The minimum atomic E-state index is -2.48. The minimum absolute atomic E-state index is 0.000954. The number of aryl methyl sites for hydroxylation is 1. The van der Waals surface area contributed by atoms with E-state index in [1.807, 2.05) is 69.3 Å². The molecule has 0 aliphatic carbocycles. The molecule has 69 heavy (non-hydrogen) atoms. The molecule has 6 heterocycles. The summed E-state index contributed by atoms with van der Waals surface area (Å²) in [6.07, 6.45) is 8.15. The van der Waals surface area contributed by atoms with E-state index in [9.17, 15) is 9.18 Å². The SMILES string of the molecule is CC(C)[Si](Oc1cc(-c2ncc3c(OCc4ccccc4)nc(OC[C@@]45CCCN4C[C@H](F)C5)nc3c2F)c2c(CCCO[C@@H]3CCCCN(C(=O)OC(C)(C)C)C3)ccnc2c1)(C(C)C)C(C)C. The summed E-state index contributed by atoms with van der Waals surface area (Å²) in [4.78, 5) is 36.1. The third-order valence-electron chi connectivity index (χ3n) is 14.5. The van der Waals surface area contributed by atoms with Crippen LogP contribution >= 0.6 is 0 Å². The van der Waals surface area contributed by atoms with E-state index < -0.39 is 31.4 Å². The van der Waals surface area contributed by atoms with E-state index in [2.05, 4.69) is 51.4 Å².